The number of urea groups is 1. The Morgan fingerprint density at radius 3 is 2.70 bits per heavy atom. The normalized spacial score (nSPS) is 21.3. The van der Waals surface area contributed by atoms with E-state index in [4.69, 9.17) is 4.74 Å². The first kappa shape index (κ1) is 17.6. The van der Waals surface area contributed by atoms with E-state index in [2.05, 4.69) is 11.4 Å². The van der Waals surface area contributed by atoms with Crippen LogP contribution in [0.2, 0.25) is 0 Å². The molecule has 1 heterocycles. The predicted molar refractivity (Wildman–Crippen MR) is 103 cm³/mol. The number of nitrogens with zero attached hydrogens (tertiary/aromatic N) is 1. The number of nitrogens with one attached hydrogen (secondary N) is 1. The van der Waals surface area contributed by atoms with E-state index in [0.717, 1.165) is 28.9 Å². The summed E-state index contributed by atoms with van der Waals surface area (Å²) in [4.78, 5) is 26.8. The smallest absolute Gasteiger partial charge is 0.325 e. The number of carbonyl (C=O) groups is 2. The van der Waals surface area contributed by atoms with Crippen LogP contribution in [0.25, 0.3) is 0 Å². The molecule has 1 spiro atoms. The summed E-state index contributed by atoms with van der Waals surface area (Å²) in [6, 6.07) is 13.8. The van der Waals surface area contributed by atoms with Crippen LogP contribution in [0.3, 0.4) is 0 Å². The Kier molecular flexibility index (Phi) is 4.38. The fourth-order valence-electron chi connectivity index (χ4n) is 4.01. The second-order valence-corrected chi connectivity index (χ2v) is 7.53. The summed E-state index contributed by atoms with van der Waals surface area (Å²) in [6.45, 7) is 4.53. The zero-order valence-corrected chi connectivity index (χ0v) is 15.7. The van der Waals surface area contributed by atoms with E-state index in [-0.39, 0.29) is 25.1 Å². The van der Waals surface area contributed by atoms with Gasteiger partial charge >= 0.3 is 6.03 Å². The molecular weight excluding hydrogens is 340 g/mol. The molecule has 140 valence electrons. The SMILES string of the molecule is Cc1ccc(C)c(OCCN2C(=O)N[C@@]3(CCc4ccccc4C3)C2=O)c1. The lowest BCUT2D eigenvalue weighted by atomic mass is 9.78. The van der Waals surface area contributed by atoms with Crippen LogP contribution in [0, 0.1) is 13.8 Å². The Morgan fingerprint density at radius 1 is 1.11 bits per heavy atom. The minimum absolute atomic E-state index is 0.133. The van der Waals surface area contributed by atoms with Crippen molar-refractivity contribution < 1.29 is 14.3 Å². The summed E-state index contributed by atoms with van der Waals surface area (Å²) in [5, 5.41) is 2.96. The third kappa shape index (κ3) is 3.18. The molecule has 0 aromatic heterocycles. The van der Waals surface area contributed by atoms with Gasteiger partial charge in [0.25, 0.3) is 5.91 Å². The zero-order chi connectivity index (χ0) is 19.0. The molecule has 4 rings (SSSR count). The van der Waals surface area contributed by atoms with Crippen molar-refractivity contribution in [2.24, 2.45) is 0 Å². The summed E-state index contributed by atoms with van der Waals surface area (Å²) in [7, 11) is 0. The average Bonchev–Trinajstić information content (AvgIpc) is 2.88. The molecule has 0 saturated carbocycles. The second-order valence-electron chi connectivity index (χ2n) is 7.53. The number of benzene rings is 2. The Labute approximate surface area is 159 Å². The van der Waals surface area contributed by atoms with E-state index in [1.54, 1.807) is 0 Å². The highest BCUT2D eigenvalue weighted by molar-refractivity contribution is 6.07. The third-order valence-electron chi connectivity index (χ3n) is 5.59. The topological polar surface area (TPSA) is 58.6 Å². The molecule has 2 aliphatic rings. The van der Waals surface area contributed by atoms with Crippen LogP contribution in [0.4, 0.5) is 4.79 Å². The summed E-state index contributed by atoms with van der Waals surface area (Å²) in [5.41, 5.74) is 3.77. The zero-order valence-electron chi connectivity index (χ0n) is 15.7. The molecule has 0 unspecified atom stereocenters. The van der Waals surface area contributed by atoms with Gasteiger partial charge in [-0.3, -0.25) is 9.69 Å². The van der Waals surface area contributed by atoms with Crippen molar-refractivity contribution in [1.82, 2.24) is 10.2 Å². The molecule has 1 aliphatic heterocycles. The lowest BCUT2D eigenvalue weighted by molar-refractivity contribution is -0.132. The van der Waals surface area contributed by atoms with E-state index < -0.39 is 5.54 Å². The van der Waals surface area contributed by atoms with Crippen molar-refractivity contribution in [2.45, 2.75) is 38.6 Å². The molecule has 3 amide bonds. The number of ether oxygens (including phenoxy) is 1. The van der Waals surface area contributed by atoms with Gasteiger partial charge < -0.3 is 10.1 Å². The van der Waals surface area contributed by atoms with Crippen molar-refractivity contribution in [3.8, 4) is 5.75 Å². The lowest BCUT2D eigenvalue weighted by Gasteiger charge is -2.32. The van der Waals surface area contributed by atoms with Gasteiger partial charge in [0.05, 0.1) is 6.54 Å². The molecule has 5 nitrogen and oxygen atoms in total. The van der Waals surface area contributed by atoms with Gasteiger partial charge in [0.15, 0.2) is 0 Å². The number of fused-ring (bicyclic) bond motifs is 1. The Hall–Kier alpha value is -2.82. The van der Waals surface area contributed by atoms with E-state index in [1.807, 2.05) is 50.2 Å². The summed E-state index contributed by atoms with van der Waals surface area (Å²) in [6.07, 6.45) is 2.00. The van der Waals surface area contributed by atoms with E-state index in [0.29, 0.717) is 12.8 Å². The number of rotatable bonds is 4. The fraction of sp³-hybridized carbons (Fsp3) is 0.364. The minimum atomic E-state index is -0.801. The van der Waals surface area contributed by atoms with Gasteiger partial charge in [-0.05, 0) is 55.0 Å². The van der Waals surface area contributed by atoms with Crippen LogP contribution in [0.15, 0.2) is 42.5 Å². The molecular formula is C22H24N2O3. The summed E-state index contributed by atoms with van der Waals surface area (Å²) >= 11 is 0. The summed E-state index contributed by atoms with van der Waals surface area (Å²) in [5.74, 6) is 0.662. The molecule has 0 bridgehead atoms. The molecule has 1 N–H and O–H groups in total. The first-order chi connectivity index (χ1) is 13.0. The van der Waals surface area contributed by atoms with Crippen molar-refractivity contribution in [2.75, 3.05) is 13.2 Å². The van der Waals surface area contributed by atoms with Crippen LogP contribution >= 0.6 is 0 Å². The maximum atomic E-state index is 13.1. The van der Waals surface area contributed by atoms with Gasteiger partial charge in [0.2, 0.25) is 0 Å². The molecule has 1 saturated heterocycles. The molecule has 0 radical (unpaired) electrons. The standard InChI is InChI=1S/C22H24N2O3/c1-15-7-8-16(2)19(13-15)27-12-11-24-20(25)22(23-21(24)26)10-9-17-5-3-4-6-18(17)14-22/h3-8,13H,9-12,14H2,1-2H3,(H,23,26)/t22-/m1/s1. The van der Waals surface area contributed by atoms with Crippen LogP contribution in [0.1, 0.15) is 28.7 Å². The number of hydrogen-bond donors (Lipinski definition) is 1. The second kappa shape index (κ2) is 6.72. The van der Waals surface area contributed by atoms with Gasteiger partial charge in [-0.15, -0.1) is 0 Å². The monoisotopic (exact) mass is 364 g/mol. The Balaban J connectivity index is 1.44. The first-order valence-corrected chi connectivity index (χ1v) is 9.39. The number of hydrogen-bond acceptors (Lipinski definition) is 3. The van der Waals surface area contributed by atoms with E-state index >= 15 is 0 Å². The number of amides is 3. The number of imide groups is 1. The maximum absolute atomic E-state index is 13.1. The fourth-order valence-corrected chi connectivity index (χ4v) is 4.01. The van der Waals surface area contributed by atoms with E-state index in [1.165, 1.54) is 10.5 Å². The van der Waals surface area contributed by atoms with Gasteiger partial charge in [-0.25, -0.2) is 4.79 Å². The van der Waals surface area contributed by atoms with Gasteiger partial charge in [-0.2, -0.15) is 0 Å². The average molecular weight is 364 g/mol. The molecule has 5 heteroatoms. The third-order valence-corrected chi connectivity index (χ3v) is 5.59. The van der Waals surface area contributed by atoms with Gasteiger partial charge in [0, 0.05) is 6.42 Å². The first-order valence-electron chi connectivity index (χ1n) is 9.39. The predicted octanol–water partition coefficient (Wildman–Crippen LogP) is 3.16. The largest absolute Gasteiger partial charge is 0.491 e. The highest BCUT2D eigenvalue weighted by atomic mass is 16.5. The van der Waals surface area contributed by atoms with Crippen LogP contribution in [-0.2, 0) is 17.6 Å². The number of aryl methyl sites for hydroxylation is 3. The molecule has 27 heavy (non-hydrogen) atoms. The Bertz CT molecular complexity index is 908. The molecule has 1 fully saturated rings. The van der Waals surface area contributed by atoms with Crippen LogP contribution in [-0.4, -0.2) is 35.5 Å². The van der Waals surface area contributed by atoms with Crippen molar-refractivity contribution >= 4 is 11.9 Å². The van der Waals surface area contributed by atoms with Crippen LogP contribution in [0.5, 0.6) is 5.75 Å². The molecule has 2 aromatic carbocycles. The van der Waals surface area contributed by atoms with Crippen molar-refractivity contribution in [3.05, 3.63) is 64.7 Å². The van der Waals surface area contributed by atoms with Crippen molar-refractivity contribution in [1.29, 1.82) is 0 Å². The molecule has 1 atom stereocenters. The maximum Gasteiger partial charge on any atom is 0.325 e. The molecule has 2 aromatic rings. The number of carbonyl (C=O) groups excluding carboxylic acids is 2. The van der Waals surface area contributed by atoms with Gasteiger partial charge in [0.1, 0.15) is 17.9 Å². The van der Waals surface area contributed by atoms with Crippen molar-refractivity contribution in [3.63, 3.8) is 0 Å². The minimum Gasteiger partial charge on any atom is -0.491 e. The van der Waals surface area contributed by atoms with Crippen LogP contribution < -0.4 is 10.1 Å². The van der Waals surface area contributed by atoms with Gasteiger partial charge in [-0.1, -0.05) is 36.4 Å². The lowest BCUT2D eigenvalue weighted by Crippen LogP contribution is -2.51. The highest BCUT2D eigenvalue weighted by Crippen LogP contribution is 2.33. The molecule has 1 aliphatic carbocycles. The highest BCUT2D eigenvalue weighted by Gasteiger charge is 2.52. The Morgan fingerprint density at radius 2 is 1.89 bits per heavy atom. The van der Waals surface area contributed by atoms with E-state index in [9.17, 15) is 9.59 Å². The quantitative estimate of drug-likeness (QED) is 0.848. The summed E-state index contributed by atoms with van der Waals surface area (Å²) < 4.78 is 5.83.